The molecule has 3 aromatic rings. The molecule has 0 radical (unpaired) electrons. The minimum absolute atomic E-state index is 0.251. The fourth-order valence-electron chi connectivity index (χ4n) is 3.96. The zero-order valence-electron chi connectivity index (χ0n) is 18.8. The molecule has 0 fully saturated rings. The molecule has 3 rings (SSSR count). The first-order valence-corrected chi connectivity index (χ1v) is 10.9. The molecule has 1 atom stereocenters. The van der Waals surface area contributed by atoms with Gasteiger partial charge in [-0.25, -0.2) is 4.39 Å². The Bertz CT molecular complexity index is 952. The summed E-state index contributed by atoms with van der Waals surface area (Å²) in [6, 6.07) is 24.3. The van der Waals surface area contributed by atoms with E-state index in [-0.39, 0.29) is 12.2 Å². The van der Waals surface area contributed by atoms with Gasteiger partial charge in [-0.3, -0.25) is 4.90 Å². The third kappa shape index (κ3) is 6.63. The minimum atomic E-state index is -1.18. The van der Waals surface area contributed by atoms with Gasteiger partial charge in [-0.2, -0.15) is 0 Å². The van der Waals surface area contributed by atoms with E-state index in [9.17, 15) is 9.50 Å². The van der Waals surface area contributed by atoms with E-state index in [2.05, 4.69) is 17.0 Å². The number of hydrogen-bond donors (Lipinski definition) is 1. The average molecular weight is 438 g/mol. The molecule has 0 bridgehead atoms. The molecule has 0 saturated heterocycles. The van der Waals surface area contributed by atoms with Crippen LogP contribution in [0.25, 0.3) is 0 Å². The quantitative estimate of drug-likeness (QED) is 0.442. The highest BCUT2D eigenvalue weighted by Crippen LogP contribution is 2.33. The van der Waals surface area contributed by atoms with Crippen LogP contribution in [0.1, 0.15) is 23.1 Å². The maximum Gasteiger partial charge on any atom is 0.123 e. The summed E-state index contributed by atoms with van der Waals surface area (Å²) in [5.74, 6) is 0.225. The number of halogens is 1. The molecule has 170 valence electrons. The molecule has 4 nitrogen and oxygen atoms in total. The van der Waals surface area contributed by atoms with E-state index in [4.69, 9.17) is 9.47 Å². The van der Waals surface area contributed by atoms with Gasteiger partial charge in [0.05, 0.1) is 19.3 Å². The van der Waals surface area contributed by atoms with Crippen molar-refractivity contribution in [3.8, 4) is 5.75 Å². The van der Waals surface area contributed by atoms with Gasteiger partial charge in [-0.15, -0.1) is 0 Å². The fraction of sp³-hybridized carbons (Fsp3) is 0.333. The third-order valence-corrected chi connectivity index (χ3v) is 5.74. The van der Waals surface area contributed by atoms with Gasteiger partial charge in [0, 0.05) is 38.7 Å². The summed E-state index contributed by atoms with van der Waals surface area (Å²) in [6.45, 7) is 2.77. The number of hydrogen-bond acceptors (Lipinski definition) is 4. The van der Waals surface area contributed by atoms with Crippen molar-refractivity contribution in [1.82, 2.24) is 4.90 Å². The highest BCUT2D eigenvalue weighted by Gasteiger charge is 2.31. The standard InChI is InChI=1S/C27H32FNO3/c1-31-18-17-29(21-22-9-5-3-6-10-22)16-15-27(30,24-11-7-4-8-12-24)20-23-19-25(28)13-14-26(23)32-2/h3-14,19,30H,15-18,20-21H2,1-2H3. The summed E-state index contributed by atoms with van der Waals surface area (Å²) in [6.07, 6.45) is 0.731. The average Bonchev–Trinajstić information content (AvgIpc) is 2.82. The summed E-state index contributed by atoms with van der Waals surface area (Å²) in [5.41, 5.74) is 1.48. The molecular weight excluding hydrogens is 405 g/mol. The lowest BCUT2D eigenvalue weighted by Crippen LogP contribution is -2.36. The number of nitrogens with zero attached hydrogens (tertiary/aromatic N) is 1. The van der Waals surface area contributed by atoms with Crippen LogP contribution in [-0.4, -0.2) is 43.9 Å². The van der Waals surface area contributed by atoms with E-state index in [1.54, 1.807) is 20.3 Å². The second kappa shape index (κ2) is 11.8. The van der Waals surface area contributed by atoms with E-state index in [0.717, 1.165) is 18.7 Å². The Labute approximate surface area is 190 Å². The van der Waals surface area contributed by atoms with Crippen molar-refractivity contribution < 1.29 is 19.0 Å². The predicted molar refractivity (Wildman–Crippen MR) is 125 cm³/mol. The Kier molecular flexibility index (Phi) is 8.80. The second-order valence-electron chi connectivity index (χ2n) is 8.04. The van der Waals surface area contributed by atoms with E-state index in [0.29, 0.717) is 30.9 Å². The van der Waals surface area contributed by atoms with Gasteiger partial charge in [0.25, 0.3) is 0 Å². The summed E-state index contributed by atoms with van der Waals surface area (Å²) >= 11 is 0. The van der Waals surface area contributed by atoms with Crippen LogP contribution in [-0.2, 0) is 23.3 Å². The van der Waals surface area contributed by atoms with Crippen molar-refractivity contribution in [1.29, 1.82) is 0 Å². The van der Waals surface area contributed by atoms with Gasteiger partial charge >= 0.3 is 0 Å². The Balaban J connectivity index is 1.84. The molecule has 0 aliphatic heterocycles. The zero-order valence-corrected chi connectivity index (χ0v) is 18.8. The van der Waals surface area contributed by atoms with Gasteiger partial charge in [0.15, 0.2) is 0 Å². The molecule has 0 heterocycles. The molecule has 0 aliphatic carbocycles. The molecule has 1 N–H and O–H groups in total. The van der Waals surface area contributed by atoms with Crippen LogP contribution in [0.15, 0.2) is 78.9 Å². The third-order valence-electron chi connectivity index (χ3n) is 5.74. The maximum absolute atomic E-state index is 14.0. The first kappa shape index (κ1) is 23.9. The summed E-state index contributed by atoms with van der Waals surface area (Å²) in [7, 11) is 3.25. The van der Waals surface area contributed by atoms with Crippen molar-refractivity contribution >= 4 is 0 Å². The van der Waals surface area contributed by atoms with E-state index in [1.165, 1.54) is 17.7 Å². The van der Waals surface area contributed by atoms with Crippen LogP contribution in [0.2, 0.25) is 0 Å². The largest absolute Gasteiger partial charge is 0.496 e. The molecule has 0 spiro atoms. The lowest BCUT2D eigenvalue weighted by atomic mass is 9.84. The van der Waals surface area contributed by atoms with Crippen molar-refractivity contribution in [3.05, 3.63) is 101 Å². The van der Waals surface area contributed by atoms with Crippen molar-refractivity contribution in [3.63, 3.8) is 0 Å². The number of rotatable bonds is 12. The Morgan fingerprint density at radius 1 is 0.906 bits per heavy atom. The minimum Gasteiger partial charge on any atom is -0.496 e. The van der Waals surface area contributed by atoms with Gasteiger partial charge < -0.3 is 14.6 Å². The molecule has 32 heavy (non-hydrogen) atoms. The van der Waals surface area contributed by atoms with Crippen LogP contribution in [0.5, 0.6) is 5.75 Å². The molecular formula is C27H32FNO3. The molecule has 3 aromatic carbocycles. The molecule has 0 amide bonds. The molecule has 0 saturated carbocycles. The smallest absolute Gasteiger partial charge is 0.123 e. The van der Waals surface area contributed by atoms with Gasteiger partial charge in [-0.1, -0.05) is 60.7 Å². The summed E-state index contributed by atoms with van der Waals surface area (Å²) in [5, 5.41) is 11.9. The fourth-order valence-corrected chi connectivity index (χ4v) is 3.96. The van der Waals surface area contributed by atoms with Crippen LogP contribution in [0.3, 0.4) is 0 Å². The van der Waals surface area contributed by atoms with Gasteiger partial charge in [-0.05, 0) is 35.7 Å². The van der Waals surface area contributed by atoms with Crippen LogP contribution < -0.4 is 4.74 Å². The topological polar surface area (TPSA) is 41.9 Å². The Morgan fingerprint density at radius 2 is 1.59 bits per heavy atom. The van der Waals surface area contributed by atoms with Crippen LogP contribution >= 0.6 is 0 Å². The highest BCUT2D eigenvalue weighted by atomic mass is 19.1. The van der Waals surface area contributed by atoms with E-state index < -0.39 is 5.60 Å². The first-order valence-electron chi connectivity index (χ1n) is 10.9. The number of aliphatic hydroxyl groups is 1. The Morgan fingerprint density at radius 3 is 2.25 bits per heavy atom. The normalized spacial score (nSPS) is 13.2. The molecule has 1 unspecified atom stereocenters. The molecule has 5 heteroatoms. The van der Waals surface area contributed by atoms with Crippen molar-refractivity contribution in [2.24, 2.45) is 0 Å². The number of methoxy groups -OCH3 is 2. The van der Waals surface area contributed by atoms with Crippen molar-refractivity contribution in [2.75, 3.05) is 33.9 Å². The SMILES string of the molecule is COCCN(CCC(O)(Cc1cc(F)ccc1OC)c1ccccc1)Cc1ccccc1. The highest BCUT2D eigenvalue weighted by molar-refractivity contribution is 5.37. The number of benzene rings is 3. The van der Waals surface area contributed by atoms with Crippen LogP contribution in [0.4, 0.5) is 4.39 Å². The summed E-state index contributed by atoms with van der Waals surface area (Å²) in [4.78, 5) is 2.27. The van der Waals surface area contributed by atoms with Gasteiger partial charge in [0.2, 0.25) is 0 Å². The van der Waals surface area contributed by atoms with Crippen molar-refractivity contribution in [2.45, 2.75) is 25.0 Å². The van der Waals surface area contributed by atoms with E-state index in [1.807, 2.05) is 48.5 Å². The lowest BCUT2D eigenvalue weighted by molar-refractivity contribution is 0.0134. The van der Waals surface area contributed by atoms with E-state index >= 15 is 0 Å². The number of ether oxygens (including phenoxy) is 2. The lowest BCUT2D eigenvalue weighted by Gasteiger charge is -2.32. The summed E-state index contributed by atoms with van der Waals surface area (Å²) < 4.78 is 24.7. The maximum atomic E-state index is 14.0. The van der Waals surface area contributed by atoms with Gasteiger partial charge in [0.1, 0.15) is 11.6 Å². The monoisotopic (exact) mass is 437 g/mol. The predicted octanol–water partition coefficient (Wildman–Crippen LogP) is 4.80. The van der Waals surface area contributed by atoms with Crippen LogP contribution in [0, 0.1) is 5.82 Å². The zero-order chi connectivity index (χ0) is 22.8. The molecule has 0 aliphatic rings. The molecule has 0 aromatic heterocycles. The second-order valence-corrected chi connectivity index (χ2v) is 8.04. The Hall–Kier alpha value is -2.73. The first-order chi connectivity index (χ1) is 15.5.